The predicted molar refractivity (Wildman–Crippen MR) is 63.0 cm³/mol. The van der Waals surface area contributed by atoms with Crippen molar-refractivity contribution < 1.29 is 13.6 Å². The highest BCUT2D eigenvalue weighted by molar-refractivity contribution is 5.99. The topological polar surface area (TPSA) is 56.0 Å². The van der Waals surface area contributed by atoms with Crippen molar-refractivity contribution in [2.24, 2.45) is 0 Å². The Morgan fingerprint density at radius 2 is 2.06 bits per heavy atom. The molecule has 2 aromatic rings. The monoisotopic (exact) mass is 248 g/mol. The lowest BCUT2D eigenvalue weighted by Gasteiger charge is -2.04. The molecule has 3 nitrogen and oxygen atoms in total. The number of carbonyl (C=O) groups excluding carboxylic acids is 1. The van der Waals surface area contributed by atoms with E-state index in [1.165, 1.54) is 12.3 Å². The number of pyridine rings is 1. The number of nitrogens with zero attached hydrogens (tertiary/aromatic N) is 1. The predicted octanol–water partition coefficient (Wildman–Crippen LogP) is 2.37. The molecule has 0 aliphatic carbocycles. The van der Waals surface area contributed by atoms with Crippen molar-refractivity contribution in [3.05, 3.63) is 59.4 Å². The summed E-state index contributed by atoms with van der Waals surface area (Å²) < 4.78 is 26.1. The zero-order valence-electron chi connectivity index (χ0n) is 9.36. The second kappa shape index (κ2) is 4.91. The summed E-state index contributed by atoms with van der Waals surface area (Å²) in [6.45, 7) is 0. The molecule has 0 fully saturated rings. The Labute approximate surface area is 102 Å². The molecule has 0 unspecified atom stereocenters. The Bertz CT molecular complexity index is 599. The van der Waals surface area contributed by atoms with Gasteiger partial charge in [0.05, 0.1) is 5.69 Å². The molecule has 2 rings (SSSR count). The van der Waals surface area contributed by atoms with Crippen molar-refractivity contribution in [1.29, 1.82) is 0 Å². The number of carbonyl (C=O) groups is 1. The van der Waals surface area contributed by atoms with Gasteiger partial charge in [-0.2, -0.15) is 0 Å². The van der Waals surface area contributed by atoms with E-state index >= 15 is 0 Å². The molecule has 0 saturated carbocycles. The lowest BCUT2D eigenvalue weighted by atomic mass is 10.1. The smallest absolute Gasteiger partial charge is 0.187 e. The number of aromatic nitrogens is 1. The third-order valence-electron chi connectivity index (χ3n) is 2.47. The summed E-state index contributed by atoms with van der Waals surface area (Å²) in [5, 5.41) is 0. The Balaban J connectivity index is 2.24. The van der Waals surface area contributed by atoms with Crippen LogP contribution in [0.2, 0.25) is 0 Å². The number of rotatable bonds is 3. The molecule has 92 valence electrons. The van der Waals surface area contributed by atoms with Crippen molar-refractivity contribution in [3.8, 4) is 0 Å². The van der Waals surface area contributed by atoms with E-state index in [1.807, 2.05) is 0 Å². The van der Waals surface area contributed by atoms with E-state index < -0.39 is 17.4 Å². The molecule has 0 aliphatic heterocycles. The molecule has 2 N–H and O–H groups in total. The average Bonchev–Trinajstić information content (AvgIpc) is 2.33. The molecular formula is C13H10F2N2O. The maximum absolute atomic E-state index is 13.4. The van der Waals surface area contributed by atoms with Gasteiger partial charge >= 0.3 is 0 Å². The minimum absolute atomic E-state index is 0.0984. The summed E-state index contributed by atoms with van der Waals surface area (Å²) in [7, 11) is 0. The fraction of sp³-hybridized carbons (Fsp3) is 0.0769. The quantitative estimate of drug-likeness (QED) is 0.848. The van der Waals surface area contributed by atoms with Crippen molar-refractivity contribution in [3.63, 3.8) is 0 Å². The van der Waals surface area contributed by atoms with Crippen LogP contribution in [-0.4, -0.2) is 10.8 Å². The van der Waals surface area contributed by atoms with Gasteiger partial charge in [0.1, 0.15) is 17.3 Å². The van der Waals surface area contributed by atoms with Crippen LogP contribution in [0.25, 0.3) is 0 Å². The first kappa shape index (κ1) is 12.2. The molecule has 5 heteroatoms. The summed E-state index contributed by atoms with van der Waals surface area (Å²) in [6.07, 6.45) is 1.23. The molecular weight excluding hydrogens is 238 g/mol. The van der Waals surface area contributed by atoms with Gasteiger partial charge in [-0.15, -0.1) is 0 Å². The first-order valence-corrected chi connectivity index (χ1v) is 5.25. The summed E-state index contributed by atoms with van der Waals surface area (Å²) in [5.74, 6) is -1.84. The zero-order valence-corrected chi connectivity index (χ0v) is 9.36. The van der Waals surface area contributed by atoms with Gasteiger partial charge < -0.3 is 5.73 Å². The number of nitrogens with two attached hydrogens (primary N) is 1. The third-order valence-corrected chi connectivity index (χ3v) is 2.47. The second-order valence-corrected chi connectivity index (χ2v) is 3.78. The van der Waals surface area contributed by atoms with Crippen molar-refractivity contribution in [2.45, 2.75) is 6.42 Å². The number of benzene rings is 1. The van der Waals surface area contributed by atoms with Crippen molar-refractivity contribution in [2.75, 3.05) is 5.73 Å². The zero-order chi connectivity index (χ0) is 13.1. The lowest BCUT2D eigenvalue weighted by molar-refractivity contribution is 0.0988. The maximum Gasteiger partial charge on any atom is 0.187 e. The molecule has 1 aromatic carbocycles. The second-order valence-electron chi connectivity index (χ2n) is 3.78. The molecule has 1 heterocycles. The summed E-state index contributed by atoms with van der Waals surface area (Å²) in [6, 6.07) is 6.23. The van der Waals surface area contributed by atoms with Crippen LogP contribution in [0.15, 0.2) is 36.5 Å². The van der Waals surface area contributed by atoms with E-state index in [1.54, 1.807) is 12.1 Å². The van der Waals surface area contributed by atoms with Gasteiger partial charge in [-0.25, -0.2) is 8.78 Å². The van der Waals surface area contributed by atoms with E-state index in [2.05, 4.69) is 4.98 Å². The maximum atomic E-state index is 13.4. The first-order valence-electron chi connectivity index (χ1n) is 5.25. The van der Waals surface area contributed by atoms with Crippen LogP contribution in [0.3, 0.4) is 0 Å². The minimum atomic E-state index is -0.752. The van der Waals surface area contributed by atoms with E-state index in [-0.39, 0.29) is 23.4 Å². The van der Waals surface area contributed by atoms with E-state index in [4.69, 9.17) is 5.73 Å². The standard InChI is InChI=1S/C13H10F2N2O/c14-9-4-3-8(10(15)7-9)6-12(18)13-11(16)2-1-5-17-13/h1-5,7H,6,16H2. The SMILES string of the molecule is Nc1cccnc1C(=O)Cc1ccc(F)cc1F. The number of ketones is 1. The summed E-state index contributed by atoms with van der Waals surface area (Å²) in [4.78, 5) is 15.7. The minimum Gasteiger partial charge on any atom is -0.397 e. The summed E-state index contributed by atoms with van der Waals surface area (Å²) in [5.41, 5.74) is 6.06. The average molecular weight is 248 g/mol. The lowest BCUT2D eigenvalue weighted by Crippen LogP contribution is -2.10. The fourth-order valence-corrected chi connectivity index (χ4v) is 1.57. The van der Waals surface area contributed by atoms with Crippen LogP contribution in [0.4, 0.5) is 14.5 Å². The number of Topliss-reactive ketones (excluding diaryl/α,β-unsaturated/α-hetero) is 1. The highest BCUT2D eigenvalue weighted by atomic mass is 19.1. The summed E-state index contributed by atoms with van der Waals surface area (Å²) >= 11 is 0. The van der Waals surface area contributed by atoms with Gasteiger partial charge in [0, 0.05) is 18.7 Å². The van der Waals surface area contributed by atoms with Gasteiger partial charge in [-0.1, -0.05) is 6.07 Å². The van der Waals surface area contributed by atoms with Crippen LogP contribution in [0.5, 0.6) is 0 Å². The number of hydrogen-bond donors (Lipinski definition) is 1. The van der Waals surface area contributed by atoms with Crippen LogP contribution in [0, 0.1) is 11.6 Å². The molecule has 0 aliphatic rings. The molecule has 0 spiro atoms. The van der Waals surface area contributed by atoms with E-state index in [9.17, 15) is 13.6 Å². The van der Waals surface area contributed by atoms with Crippen LogP contribution in [-0.2, 0) is 6.42 Å². The fourth-order valence-electron chi connectivity index (χ4n) is 1.57. The van der Waals surface area contributed by atoms with Gasteiger partial charge in [0.2, 0.25) is 0 Å². The van der Waals surface area contributed by atoms with Crippen LogP contribution >= 0.6 is 0 Å². The Morgan fingerprint density at radius 3 is 2.72 bits per heavy atom. The molecule has 0 atom stereocenters. The molecule has 0 saturated heterocycles. The van der Waals surface area contributed by atoms with Gasteiger partial charge in [0.25, 0.3) is 0 Å². The molecule has 18 heavy (non-hydrogen) atoms. The number of anilines is 1. The Morgan fingerprint density at radius 1 is 1.28 bits per heavy atom. The Hall–Kier alpha value is -2.30. The van der Waals surface area contributed by atoms with Crippen molar-refractivity contribution >= 4 is 11.5 Å². The molecule has 0 bridgehead atoms. The highest BCUT2D eigenvalue weighted by Gasteiger charge is 2.14. The van der Waals surface area contributed by atoms with Gasteiger partial charge in [-0.05, 0) is 23.8 Å². The Kier molecular flexibility index (Phi) is 3.32. The van der Waals surface area contributed by atoms with E-state index in [0.717, 1.165) is 12.1 Å². The molecule has 1 aromatic heterocycles. The van der Waals surface area contributed by atoms with Crippen molar-refractivity contribution in [1.82, 2.24) is 4.98 Å². The third kappa shape index (κ3) is 2.51. The van der Waals surface area contributed by atoms with Crippen LogP contribution in [0.1, 0.15) is 16.1 Å². The van der Waals surface area contributed by atoms with Crippen LogP contribution < -0.4 is 5.73 Å². The number of nitrogen functional groups attached to an aromatic ring is 1. The van der Waals surface area contributed by atoms with Gasteiger partial charge in [0.15, 0.2) is 5.78 Å². The molecule has 0 amide bonds. The number of halogens is 2. The first-order chi connectivity index (χ1) is 8.58. The highest BCUT2D eigenvalue weighted by Crippen LogP contribution is 2.15. The largest absolute Gasteiger partial charge is 0.397 e. The molecule has 0 radical (unpaired) electrons. The van der Waals surface area contributed by atoms with Gasteiger partial charge in [-0.3, -0.25) is 9.78 Å². The normalized spacial score (nSPS) is 10.3. The van der Waals surface area contributed by atoms with E-state index in [0.29, 0.717) is 0 Å². The number of hydrogen-bond acceptors (Lipinski definition) is 3.